The van der Waals surface area contributed by atoms with Gasteiger partial charge in [-0.15, -0.1) is 0 Å². The first-order chi connectivity index (χ1) is 20.0. The first-order valence-corrected chi connectivity index (χ1v) is 12.9. The number of benzene rings is 5. The van der Waals surface area contributed by atoms with E-state index in [9.17, 15) is 14.4 Å². The third-order valence-electron chi connectivity index (χ3n) is 6.95. The molecule has 0 radical (unpaired) electrons. The Morgan fingerprint density at radius 1 is 0.902 bits per heavy atom. The molecule has 41 heavy (non-hydrogen) atoms. The Morgan fingerprint density at radius 2 is 1.68 bits per heavy atom. The van der Waals surface area contributed by atoms with E-state index in [0.29, 0.717) is 28.2 Å². The van der Waals surface area contributed by atoms with Gasteiger partial charge < -0.3 is 19.9 Å². The summed E-state index contributed by atoms with van der Waals surface area (Å²) in [6.07, 6.45) is 0. The minimum absolute atomic E-state index is 0.0415. The number of halogens is 1. The van der Waals surface area contributed by atoms with Crippen LogP contribution in [-0.4, -0.2) is 5.97 Å². The second-order valence-electron chi connectivity index (χ2n) is 9.49. The van der Waals surface area contributed by atoms with Crippen molar-refractivity contribution in [2.45, 2.75) is 12.5 Å². The smallest absolute Gasteiger partial charge is 0.344 e. The largest absolute Gasteiger partial charge is 0.489 e. The lowest BCUT2D eigenvalue weighted by molar-refractivity contribution is 0.0736. The number of nitriles is 1. The molecule has 0 fully saturated rings. The number of fused-ring (bicyclic) bond motifs is 2. The summed E-state index contributed by atoms with van der Waals surface area (Å²) in [6, 6.07) is 33.8. The molecule has 0 spiro atoms. The lowest BCUT2D eigenvalue weighted by atomic mass is 9.83. The molecule has 0 aromatic heterocycles. The van der Waals surface area contributed by atoms with Crippen LogP contribution >= 0.6 is 0 Å². The quantitative estimate of drug-likeness (QED) is 0.183. The number of hydrogen-bond donors (Lipinski definition) is 1. The summed E-state index contributed by atoms with van der Waals surface area (Å²) >= 11 is 0. The first kappa shape index (κ1) is 25.7. The minimum Gasteiger partial charge on any atom is -0.489 e. The van der Waals surface area contributed by atoms with Crippen molar-refractivity contribution in [1.29, 1.82) is 5.26 Å². The monoisotopic (exact) mass is 542 g/mol. The Hall–Kier alpha value is -5.61. The number of nitrogens with zero attached hydrogens (tertiary/aromatic N) is 1. The molecule has 2 N–H and O–H groups in total. The maximum absolute atomic E-state index is 14.1. The third kappa shape index (κ3) is 5.07. The second-order valence-corrected chi connectivity index (χ2v) is 9.49. The topological polar surface area (TPSA) is 94.6 Å². The molecule has 1 aliphatic rings. The highest BCUT2D eigenvalue weighted by molar-refractivity contribution is 6.05. The van der Waals surface area contributed by atoms with E-state index in [2.05, 4.69) is 6.07 Å². The fourth-order valence-electron chi connectivity index (χ4n) is 4.97. The molecule has 1 atom stereocenters. The SMILES string of the molecule is N#CC1=C(N)Oc2cc(OC(=O)c3cccc4ccccc34)ccc2C1c1cccc(OCc2ccccc2F)c1. The molecule has 1 unspecified atom stereocenters. The second kappa shape index (κ2) is 10.9. The number of nitrogens with two attached hydrogens (primary N) is 1. The fraction of sp³-hybridized carbons (Fsp3) is 0.0588. The van der Waals surface area contributed by atoms with Gasteiger partial charge in [-0.3, -0.25) is 0 Å². The molecule has 0 bridgehead atoms. The number of hydrogen-bond acceptors (Lipinski definition) is 6. The molecule has 0 amide bonds. The Balaban J connectivity index is 1.29. The highest BCUT2D eigenvalue weighted by Gasteiger charge is 2.31. The number of ether oxygens (including phenoxy) is 3. The fourth-order valence-corrected chi connectivity index (χ4v) is 4.97. The Bertz CT molecular complexity index is 1870. The van der Waals surface area contributed by atoms with E-state index in [1.165, 1.54) is 6.07 Å². The standard InChI is InChI=1S/C34H23FN2O4/c35-30-14-4-2-8-23(30)20-39-24-11-5-10-22(17-24)32-28-16-15-25(18-31(28)41-33(37)29(32)19-36)40-34(38)27-13-6-9-21-7-1-3-12-26(21)27/h1-18,32H,20,37H2. The maximum atomic E-state index is 14.1. The molecule has 6 rings (SSSR count). The van der Waals surface area contributed by atoms with Crippen LogP contribution in [0.5, 0.6) is 17.2 Å². The van der Waals surface area contributed by atoms with Crippen molar-refractivity contribution < 1.29 is 23.4 Å². The van der Waals surface area contributed by atoms with E-state index in [-0.39, 0.29) is 29.6 Å². The van der Waals surface area contributed by atoms with Crippen LogP contribution < -0.4 is 19.9 Å². The lowest BCUT2D eigenvalue weighted by Crippen LogP contribution is -2.21. The number of carbonyl (C=O) groups is 1. The van der Waals surface area contributed by atoms with Gasteiger partial charge in [-0.2, -0.15) is 5.26 Å². The van der Waals surface area contributed by atoms with Crippen molar-refractivity contribution >= 4 is 16.7 Å². The zero-order valence-corrected chi connectivity index (χ0v) is 21.7. The molecule has 5 aromatic carbocycles. The molecule has 200 valence electrons. The van der Waals surface area contributed by atoms with Crippen molar-refractivity contribution in [3.05, 3.63) is 149 Å². The van der Waals surface area contributed by atoms with Gasteiger partial charge in [0, 0.05) is 17.2 Å². The molecular formula is C34H23FN2O4. The van der Waals surface area contributed by atoms with Gasteiger partial charge in [0.15, 0.2) is 0 Å². The summed E-state index contributed by atoms with van der Waals surface area (Å²) < 4.78 is 31.4. The zero-order valence-electron chi connectivity index (χ0n) is 21.7. The average Bonchev–Trinajstić information content (AvgIpc) is 2.99. The predicted molar refractivity (Wildman–Crippen MR) is 152 cm³/mol. The number of allylic oxidation sites excluding steroid dienone is 1. The molecule has 1 heterocycles. The molecule has 5 aromatic rings. The van der Waals surface area contributed by atoms with Gasteiger partial charge in [0.25, 0.3) is 0 Å². The van der Waals surface area contributed by atoms with Crippen molar-refractivity contribution in [1.82, 2.24) is 0 Å². The maximum Gasteiger partial charge on any atom is 0.344 e. The summed E-state index contributed by atoms with van der Waals surface area (Å²) in [5, 5.41) is 11.7. The van der Waals surface area contributed by atoms with Crippen LogP contribution in [0.4, 0.5) is 4.39 Å². The van der Waals surface area contributed by atoms with E-state index in [1.807, 2.05) is 42.5 Å². The van der Waals surface area contributed by atoms with E-state index in [1.54, 1.807) is 60.7 Å². The van der Waals surface area contributed by atoms with Gasteiger partial charge in [-0.25, -0.2) is 9.18 Å². The molecule has 1 aliphatic heterocycles. The predicted octanol–water partition coefficient (Wildman–Crippen LogP) is 7.00. The van der Waals surface area contributed by atoms with Crippen molar-refractivity contribution in [3.63, 3.8) is 0 Å². The molecular weight excluding hydrogens is 519 g/mol. The Morgan fingerprint density at radius 3 is 2.54 bits per heavy atom. The summed E-state index contributed by atoms with van der Waals surface area (Å²) in [5.41, 5.74) is 8.70. The van der Waals surface area contributed by atoms with E-state index in [4.69, 9.17) is 19.9 Å². The van der Waals surface area contributed by atoms with Crippen LogP contribution in [0.2, 0.25) is 0 Å². The normalized spacial score (nSPS) is 14.1. The lowest BCUT2D eigenvalue weighted by Gasteiger charge is -2.27. The van der Waals surface area contributed by atoms with Crippen molar-refractivity contribution in [2.24, 2.45) is 5.73 Å². The van der Waals surface area contributed by atoms with Gasteiger partial charge in [-0.1, -0.05) is 72.8 Å². The van der Waals surface area contributed by atoms with Crippen LogP contribution in [0.3, 0.4) is 0 Å². The molecule has 0 saturated heterocycles. The number of carbonyl (C=O) groups excluding carboxylic acids is 1. The zero-order chi connectivity index (χ0) is 28.3. The summed E-state index contributed by atoms with van der Waals surface area (Å²) in [5.74, 6) is -0.293. The van der Waals surface area contributed by atoms with Crippen LogP contribution in [0.1, 0.15) is 33.0 Å². The summed E-state index contributed by atoms with van der Waals surface area (Å²) in [7, 11) is 0. The first-order valence-electron chi connectivity index (χ1n) is 12.9. The highest BCUT2D eigenvalue weighted by atomic mass is 19.1. The Kier molecular flexibility index (Phi) is 6.80. The van der Waals surface area contributed by atoms with Crippen molar-refractivity contribution in [3.8, 4) is 23.3 Å². The average molecular weight is 543 g/mol. The summed E-state index contributed by atoms with van der Waals surface area (Å²) in [6.45, 7) is 0.0506. The Labute approximate surface area is 235 Å². The van der Waals surface area contributed by atoms with Crippen molar-refractivity contribution in [2.75, 3.05) is 0 Å². The minimum atomic E-state index is -0.552. The highest BCUT2D eigenvalue weighted by Crippen LogP contribution is 2.44. The molecule has 6 nitrogen and oxygen atoms in total. The van der Waals surface area contributed by atoms with Crippen LogP contribution in [0.25, 0.3) is 10.8 Å². The molecule has 7 heteroatoms. The van der Waals surface area contributed by atoms with Crippen LogP contribution in [0, 0.1) is 17.1 Å². The van der Waals surface area contributed by atoms with Gasteiger partial charge in [0.05, 0.1) is 11.5 Å². The summed E-state index contributed by atoms with van der Waals surface area (Å²) in [4.78, 5) is 13.1. The molecule has 0 saturated carbocycles. The van der Waals surface area contributed by atoms with Gasteiger partial charge >= 0.3 is 5.97 Å². The van der Waals surface area contributed by atoms with Gasteiger partial charge in [-0.05, 0) is 46.7 Å². The van der Waals surface area contributed by atoms with Crippen LogP contribution in [0.15, 0.2) is 121 Å². The van der Waals surface area contributed by atoms with Gasteiger partial charge in [0.2, 0.25) is 5.88 Å². The van der Waals surface area contributed by atoms with Crippen LogP contribution in [-0.2, 0) is 6.61 Å². The van der Waals surface area contributed by atoms with E-state index in [0.717, 1.165) is 16.3 Å². The third-order valence-corrected chi connectivity index (χ3v) is 6.95. The van der Waals surface area contributed by atoms with E-state index >= 15 is 0 Å². The number of rotatable bonds is 6. The van der Waals surface area contributed by atoms with Gasteiger partial charge in [0.1, 0.15) is 41.3 Å². The number of esters is 1. The molecule has 0 aliphatic carbocycles. The van der Waals surface area contributed by atoms with E-state index < -0.39 is 11.9 Å².